The first-order chi connectivity index (χ1) is 10.7. The van der Waals surface area contributed by atoms with Crippen LogP contribution in [0.5, 0.6) is 0 Å². The van der Waals surface area contributed by atoms with Crippen LogP contribution >= 0.6 is 11.3 Å². The summed E-state index contributed by atoms with van der Waals surface area (Å²) < 4.78 is 0.671. The summed E-state index contributed by atoms with van der Waals surface area (Å²) in [6, 6.07) is 4.15. The van der Waals surface area contributed by atoms with Crippen molar-refractivity contribution in [3.05, 3.63) is 34.0 Å². The number of aryl methyl sites for hydroxylation is 1. The lowest BCUT2D eigenvalue weighted by atomic mass is 10.2. The summed E-state index contributed by atoms with van der Waals surface area (Å²) in [5.41, 5.74) is 2.59. The zero-order valence-electron chi connectivity index (χ0n) is 12.0. The number of hydrogen-bond donors (Lipinski definition) is 3. The van der Waals surface area contributed by atoms with Crippen molar-refractivity contribution in [3.8, 4) is 10.6 Å². The summed E-state index contributed by atoms with van der Waals surface area (Å²) in [6.45, 7) is 3.00. The van der Waals surface area contributed by atoms with E-state index in [4.69, 9.17) is 4.98 Å². The Kier molecular flexibility index (Phi) is 2.43. The lowest BCUT2D eigenvalue weighted by molar-refractivity contribution is 0.532. The van der Waals surface area contributed by atoms with Crippen LogP contribution in [-0.4, -0.2) is 26.7 Å². The lowest BCUT2D eigenvalue weighted by Crippen LogP contribution is -2.23. The number of rotatable bonds is 2. The summed E-state index contributed by atoms with van der Waals surface area (Å²) in [4.78, 5) is 21.0. The predicted molar refractivity (Wildman–Crippen MR) is 84.9 cm³/mol. The number of piperidine rings is 1. The summed E-state index contributed by atoms with van der Waals surface area (Å²) in [5, 5.41) is 10.7. The second-order valence-corrected chi connectivity index (χ2v) is 7.31. The van der Waals surface area contributed by atoms with Gasteiger partial charge in [-0.1, -0.05) is 0 Å². The van der Waals surface area contributed by atoms with Crippen molar-refractivity contribution < 1.29 is 0 Å². The minimum absolute atomic E-state index is 0.0468. The van der Waals surface area contributed by atoms with Crippen LogP contribution < -0.4 is 10.9 Å². The molecule has 3 atom stereocenters. The molecular formula is C15H15N5OS. The molecule has 2 aliphatic rings. The number of nitrogens with zero attached hydrogens (tertiary/aromatic N) is 2. The van der Waals surface area contributed by atoms with Crippen LogP contribution in [0.15, 0.2) is 16.9 Å². The standard InChI is InChI=1S/C15H15N5OS/c1-6-2-9(20-19-6)11-4-10-13(22-11)15(21)18-14(17-10)12-8-3-7(8)5-16-12/h2,4,7-8,12,16H,3,5H2,1H3,(H,19,20)(H,17,18,21)/t7-,8-,12+/m1/s1. The van der Waals surface area contributed by atoms with Crippen molar-refractivity contribution in [3.63, 3.8) is 0 Å². The highest BCUT2D eigenvalue weighted by Crippen LogP contribution is 2.50. The van der Waals surface area contributed by atoms with Crippen LogP contribution in [0.1, 0.15) is 24.0 Å². The molecule has 7 heteroatoms. The molecule has 1 saturated carbocycles. The normalized spacial score (nSPS) is 26.5. The van der Waals surface area contributed by atoms with Crippen molar-refractivity contribution >= 4 is 21.6 Å². The fourth-order valence-corrected chi connectivity index (χ4v) is 4.37. The first-order valence-corrected chi connectivity index (χ1v) is 8.30. The van der Waals surface area contributed by atoms with Gasteiger partial charge in [0, 0.05) is 5.69 Å². The highest BCUT2D eigenvalue weighted by atomic mass is 32.1. The van der Waals surface area contributed by atoms with Crippen molar-refractivity contribution in [2.75, 3.05) is 6.54 Å². The molecule has 112 valence electrons. The van der Waals surface area contributed by atoms with E-state index in [0.29, 0.717) is 10.6 Å². The molecule has 0 bridgehead atoms. The molecular weight excluding hydrogens is 298 g/mol. The van der Waals surface area contributed by atoms with Gasteiger partial charge >= 0.3 is 0 Å². The van der Waals surface area contributed by atoms with Gasteiger partial charge in [0.1, 0.15) is 16.2 Å². The molecule has 3 N–H and O–H groups in total. The average molecular weight is 313 g/mol. The van der Waals surface area contributed by atoms with Gasteiger partial charge in [0.05, 0.1) is 16.4 Å². The maximum absolute atomic E-state index is 12.4. The maximum atomic E-state index is 12.4. The van der Waals surface area contributed by atoms with Crippen LogP contribution in [0.3, 0.4) is 0 Å². The van der Waals surface area contributed by atoms with E-state index < -0.39 is 0 Å². The molecule has 4 heterocycles. The number of thiophene rings is 1. The van der Waals surface area contributed by atoms with Gasteiger partial charge in [-0.3, -0.25) is 9.89 Å². The van der Waals surface area contributed by atoms with Crippen LogP contribution in [0, 0.1) is 18.8 Å². The lowest BCUT2D eigenvalue weighted by Gasteiger charge is -2.11. The second-order valence-electron chi connectivity index (χ2n) is 6.26. The van der Waals surface area contributed by atoms with E-state index in [1.807, 2.05) is 19.1 Å². The molecule has 0 spiro atoms. The third-order valence-electron chi connectivity index (χ3n) is 4.66. The molecule has 1 aliphatic carbocycles. The Balaban J connectivity index is 1.63. The first kappa shape index (κ1) is 12.5. The number of fused-ring (bicyclic) bond motifs is 2. The Morgan fingerprint density at radius 1 is 1.36 bits per heavy atom. The van der Waals surface area contributed by atoms with Crippen LogP contribution in [0.4, 0.5) is 0 Å². The quantitative estimate of drug-likeness (QED) is 0.675. The number of H-pyrrole nitrogens is 2. The second kappa shape index (κ2) is 4.27. The molecule has 5 rings (SSSR count). The monoisotopic (exact) mass is 313 g/mol. The third-order valence-corrected chi connectivity index (χ3v) is 5.81. The number of hydrogen-bond acceptors (Lipinski definition) is 5. The molecule has 2 fully saturated rings. The third kappa shape index (κ3) is 1.79. The molecule has 0 radical (unpaired) electrons. The highest BCUT2D eigenvalue weighted by molar-refractivity contribution is 7.22. The van der Waals surface area contributed by atoms with Gasteiger partial charge in [0.15, 0.2) is 0 Å². The molecule has 0 aromatic carbocycles. The van der Waals surface area contributed by atoms with E-state index in [2.05, 4.69) is 20.5 Å². The van der Waals surface area contributed by atoms with E-state index in [1.165, 1.54) is 17.8 Å². The van der Waals surface area contributed by atoms with Gasteiger partial charge in [0.25, 0.3) is 5.56 Å². The van der Waals surface area contributed by atoms with E-state index in [-0.39, 0.29) is 11.6 Å². The average Bonchev–Trinajstić information content (AvgIpc) is 2.90. The van der Waals surface area contributed by atoms with Gasteiger partial charge in [-0.25, -0.2) is 4.98 Å². The Morgan fingerprint density at radius 3 is 2.95 bits per heavy atom. The van der Waals surface area contributed by atoms with E-state index in [1.54, 1.807) is 0 Å². The summed E-state index contributed by atoms with van der Waals surface area (Å²) in [5.74, 6) is 2.20. The van der Waals surface area contributed by atoms with Gasteiger partial charge in [-0.15, -0.1) is 11.3 Å². The van der Waals surface area contributed by atoms with E-state index in [9.17, 15) is 4.79 Å². The van der Waals surface area contributed by atoms with Crippen molar-refractivity contribution in [2.45, 2.75) is 19.4 Å². The molecule has 22 heavy (non-hydrogen) atoms. The number of aromatic nitrogens is 4. The number of nitrogens with one attached hydrogen (secondary N) is 3. The molecule has 0 amide bonds. The van der Waals surface area contributed by atoms with Gasteiger partial charge in [-0.2, -0.15) is 5.10 Å². The van der Waals surface area contributed by atoms with E-state index >= 15 is 0 Å². The smallest absolute Gasteiger partial charge is 0.268 e. The first-order valence-electron chi connectivity index (χ1n) is 7.48. The van der Waals surface area contributed by atoms with Crippen LogP contribution in [0.2, 0.25) is 0 Å². The molecule has 3 aromatic rings. The fourth-order valence-electron chi connectivity index (χ4n) is 3.42. The Hall–Kier alpha value is -1.99. The molecule has 1 saturated heterocycles. The largest absolute Gasteiger partial charge is 0.308 e. The van der Waals surface area contributed by atoms with Crippen molar-refractivity contribution in [1.82, 2.24) is 25.5 Å². The molecule has 0 unspecified atom stereocenters. The van der Waals surface area contributed by atoms with Crippen LogP contribution in [-0.2, 0) is 0 Å². The van der Waals surface area contributed by atoms with Gasteiger partial charge in [-0.05, 0) is 43.9 Å². The van der Waals surface area contributed by atoms with Crippen molar-refractivity contribution in [2.24, 2.45) is 11.8 Å². The zero-order valence-corrected chi connectivity index (χ0v) is 12.8. The Labute approximate surface area is 130 Å². The van der Waals surface area contributed by atoms with Crippen LogP contribution in [0.25, 0.3) is 20.8 Å². The molecule has 1 aliphatic heterocycles. The minimum Gasteiger partial charge on any atom is -0.308 e. The number of aromatic amines is 2. The highest BCUT2D eigenvalue weighted by Gasteiger charge is 2.49. The summed E-state index contributed by atoms with van der Waals surface area (Å²) in [6.07, 6.45) is 1.25. The Morgan fingerprint density at radius 2 is 2.27 bits per heavy atom. The fraction of sp³-hybridized carbons (Fsp3) is 0.400. The van der Waals surface area contributed by atoms with Gasteiger partial charge < -0.3 is 10.3 Å². The topological polar surface area (TPSA) is 86.5 Å². The minimum atomic E-state index is -0.0468. The summed E-state index contributed by atoms with van der Waals surface area (Å²) >= 11 is 1.44. The molecule has 6 nitrogen and oxygen atoms in total. The Bertz CT molecular complexity index is 939. The maximum Gasteiger partial charge on any atom is 0.268 e. The van der Waals surface area contributed by atoms with Gasteiger partial charge in [0.2, 0.25) is 0 Å². The zero-order chi connectivity index (χ0) is 14.8. The predicted octanol–water partition coefficient (Wildman–Crippen LogP) is 1.96. The molecule has 3 aromatic heterocycles. The SMILES string of the molecule is Cc1cc(-c2cc3nc([C@H]4NC[C@H]5C[C@H]54)[nH]c(=O)c3s2)n[nH]1. The van der Waals surface area contributed by atoms with Crippen molar-refractivity contribution in [1.29, 1.82) is 0 Å². The summed E-state index contributed by atoms with van der Waals surface area (Å²) in [7, 11) is 0. The van der Waals surface area contributed by atoms with E-state index in [0.717, 1.165) is 40.1 Å².